The number of amides is 7. The smallest absolute Gasteiger partial charge is 0.312 e. The number of aryl methyl sites for hydroxylation is 2. The van der Waals surface area contributed by atoms with Crippen molar-refractivity contribution in [3.63, 3.8) is 0 Å². The number of Topliss-reactive ketones (excluding diaryl/α,β-unsaturated/α-hetero) is 2. The summed E-state index contributed by atoms with van der Waals surface area (Å²) in [5.74, 6) is -1.35. The summed E-state index contributed by atoms with van der Waals surface area (Å²) in [6.07, 6.45) is 7.88. The van der Waals surface area contributed by atoms with Crippen LogP contribution in [0.5, 0.6) is 0 Å². The summed E-state index contributed by atoms with van der Waals surface area (Å²) in [6.45, 7) is 12.0. The van der Waals surface area contributed by atoms with Crippen molar-refractivity contribution in [1.29, 1.82) is 0 Å². The van der Waals surface area contributed by atoms with Gasteiger partial charge in [-0.3, -0.25) is 43.7 Å². The number of rotatable bonds is 48. The van der Waals surface area contributed by atoms with Gasteiger partial charge < -0.3 is 56.7 Å². The van der Waals surface area contributed by atoms with Crippen molar-refractivity contribution in [3.05, 3.63) is 53.6 Å². The van der Waals surface area contributed by atoms with E-state index in [1.165, 1.54) is 6.92 Å². The van der Waals surface area contributed by atoms with Gasteiger partial charge in [-0.25, -0.2) is 14.2 Å². The first kappa shape index (κ1) is 71.4. The molecular weight excluding hydrogens is 1110 g/mol. The van der Waals surface area contributed by atoms with Gasteiger partial charge in [-0.15, -0.1) is 10.2 Å². The van der Waals surface area contributed by atoms with E-state index < -0.39 is 35.8 Å². The van der Waals surface area contributed by atoms with E-state index in [-0.39, 0.29) is 113 Å². The van der Waals surface area contributed by atoms with Gasteiger partial charge in [0.05, 0.1) is 63.6 Å². The standard InChI is InChI=1S/C56H91N15O12S/c1-6-48(73)12-9-22-60-51(76)21-34-84-35-26-59-40-69(53(78)19-18-47-38-71(68-66-47)29-33-82-31-25-58-5)27-24-61-50(75)13-7-11-46-37-70(67-65-46)28-32-81-30-20-52(77)64-54(41(2)3)49(74)36-44(10-8-23-62-56(57)80)55(79)63-45-16-14-43(15-17-45)39-83-42(4)72/h14-17,37-38,41,44,54,58-59H,6-13,18-36,39-40H2,1-5H3,(H,60,76)(H,61,75)(H,63,79)(H,64,77)(H3,57,62,80)/t44?,54-/m1/s1. The molecule has 0 bridgehead atoms. The molecule has 468 valence electrons. The second-order valence-electron chi connectivity index (χ2n) is 20.3. The molecule has 3 aromatic rings. The number of esters is 1. The highest BCUT2D eigenvalue weighted by atomic mass is 32.2. The number of primary amides is 1. The average Bonchev–Trinajstić information content (AvgIpc) is 4.16. The molecule has 0 aliphatic heterocycles. The van der Waals surface area contributed by atoms with Gasteiger partial charge in [-0.05, 0) is 62.8 Å². The van der Waals surface area contributed by atoms with Crippen molar-refractivity contribution < 1.29 is 57.4 Å². The van der Waals surface area contributed by atoms with E-state index in [4.69, 9.17) is 19.9 Å². The molecule has 2 aromatic heterocycles. The van der Waals surface area contributed by atoms with E-state index in [9.17, 15) is 43.2 Å². The van der Waals surface area contributed by atoms with Gasteiger partial charge in [0.2, 0.25) is 29.5 Å². The van der Waals surface area contributed by atoms with E-state index >= 15 is 0 Å². The number of aromatic nitrogens is 6. The Morgan fingerprint density at radius 1 is 0.714 bits per heavy atom. The average molecular weight is 1200 g/mol. The molecule has 0 saturated heterocycles. The van der Waals surface area contributed by atoms with Gasteiger partial charge in [0, 0.05) is 133 Å². The number of anilines is 1. The van der Waals surface area contributed by atoms with Crippen LogP contribution in [0.3, 0.4) is 0 Å². The van der Waals surface area contributed by atoms with Gasteiger partial charge in [-0.1, -0.05) is 43.3 Å². The Hall–Kier alpha value is -6.88. The highest BCUT2D eigenvalue weighted by Gasteiger charge is 2.30. The predicted molar refractivity (Wildman–Crippen MR) is 316 cm³/mol. The molecule has 27 nitrogen and oxygen atoms in total. The Balaban J connectivity index is 1.39. The molecule has 0 aliphatic carbocycles. The number of urea groups is 1. The van der Waals surface area contributed by atoms with Crippen LogP contribution in [0.2, 0.25) is 0 Å². The molecule has 1 aromatic carbocycles. The maximum atomic E-state index is 13.7. The number of hydrogen-bond donors (Lipinski definition) is 8. The molecule has 0 spiro atoms. The molecular formula is C56H91N15O12S. The van der Waals surface area contributed by atoms with Crippen molar-refractivity contribution in [2.24, 2.45) is 17.6 Å². The zero-order chi connectivity index (χ0) is 61.3. The number of hydrogen-bond acceptors (Lipinski definition) is 19. The van der Waals surface area contributed by atoms with E-state index in [0.29, 0.717) is 114 Å². The van der Waals surface area contributed by atoms with E-state index in [1.807, 2.05) is 20.2 Å². The zero-order valence-corrected chi connectivity index (χ0v) is 50.5. The predicted octanol–water partition coefficient (Wildman–Crippen LogP) is 1.83. The van der Waals surface area contributed by atoms with Crippen molar-refractivity contribution in [3.8, 4) is 0 Å². The molecule has 2 atom stereocenters. The fourth-order valence-corrected chi connectivity index (χ4v) is 8.98. The molecule has 0 aliphatic rings. The lowest BCUT2D eigenvalue weighted by molar-refractivity contribution is -0.142. The minimum Gasteiger partial charge on any atom is -0.461 e. The first-order valence-electron chi connectivity index (χ1n) is 29.0. The minimum atomic E-state index is -0.866. The lowest BCUT2D eigenvalue weighted by Crippen LogP contribution is -2.45. The second kappa shape index (κ2) is 42.9. The number of carbonyl (C=O) groups excluding carboxylic acids is 9. The third-order valence-electron chi connectivity index (χ3n) is 12.9. The largest absolute Gasteiger partial charge is 0.461 e. The van der Waals surface area contributed by atoms with Crippen molar-refractivity contribution in [1.82, 2.24) is 66.8 Å². The number of nitrogens with zero attached hydrogens (tertiary/aromatic N) is 7. The monoisotopic (exact) mass is 1200 g/mol. The summed E-state index contributed by atoms with van der Waals surface area (Å²) in [5, 5.41) is 37.0. The Kier molecular flexibility index (Phi) is 36.4. The molecule has 2 heterocycles. The Morgan fingerprint density at radius 3 is 2.05 bits per heavy atom. The number of nitrogens with one attached hydrogen (secondary N) is 7. The summed E-state index contributed by atoms with van der Waals surface area (Å²) < 4.78 is 19.6. The lowest BCUT2D eigenvalue weighted by atomic mass is 9.89. The molecule has 1 unspecified atom stereocenters. The molecule has 0 fully saturated rings. The van der Waals surface area contributed by atoms with Crippen LogP contribution in [0.25, 0.3) is 0 Å². The lowest BCUT2D eigenvalue weighted by Gasteiger charge is -2.24. The van der Waals surface area contributed by atoms with Gasteiger partial charge in [0.1, 0.15) is 12.4 Å². The van der Waals surface area contributed by atoms with Gasteiger partial charge >= 0.3 is 12.0 Å². The van der Waals surface area contributed by atoms with Crippen LogP contribution in [0.1, 0.15) is 115 Å². The molecule has 9 N–H and O–H groups in total. The number of likely N-dealkylation sites (N-methyl/N-ethyl adjacent to an activating group) is 1. The SMILES string of the molecule is CCC(=O)CCCNC(=O)CCSCCNCN(CCNC(=O)CCCc1cn(CCOCCC(=O)N[C@@H](C(=O)CC(CCCNC(N)=O)C(=O)Nc2ccc(COC(C)=O)cc2)C(C)C)nn1)C(=O)CCc1cn(CCOCCNC)nn1. The summed E-state index contributed by atoms with van der Waals surface area (Å²) in [4.78, 5) is 114. The highest BCUT2D eigenvalue weighted by molar-refractivity contribution is 7.99. The molecule has 0 saturated carbocycles. The number of thioether (sulfide) groups is 1. The topological polar surface area (TPSA) is 356 Å². The maximum absolute atomic E-state index is 13.7. The Labute approximate surface area is 497 Å². The first-order chi connectivity index (χ1) is 40.5. The van der Waals surface area contributed by atoms with Crippen LogP contribution in [-0.4, -0.2) is 185 Å². The molecule has 0 radical (unpaired) electrons. The quantitative estimate of drug-likeness (QED) is 0.0227. The van der Waals surface area contributed by atoms with Crippen LogP contribution >= 0.6 is 11.8 Å². The summed E-state index contributed by atoms with van der Waals surface area (Å²) in [5.41, 5.74) is 7.79. The zero-order valence-electron chi connectivity index (χ0n) is 49.7. The van der Waals surface area contributed by atoms with E-state index in [0.717, 1.165) is 17.9 Å². The molecule has 84 heavy (non-hydrogen) atoms. The summed E-state index contributed by atoms with van der Waals surface area (Å²) in [7, 11) is 1.86. The second-order valence-corrected chi connectivity index (χ2v) is 21.5. The number of nitrogens with two attached hydrogens (primary N) is 1. The van der Waals surface area contributed by atoms with Crippen molar-refractivity contribution in [2.45, 2.75) is 137 Å². The summed E-state index contributed by atoms with van der Waals surface area (Å²) >= 11 is 1.63. The number of carbonyl (C=O) groups is 9. The van der Waals surface area contributed by atoms with Gasteiger partial charge in [0.15, 0.2) is 5.78 Å². The summed E-state index contributed by atoms with van der Waals surface area (Å²) in [6, 6.07) is 5.17. The van der Waals surface area contributed by atoms with Crippen LogP contribution in [0.4, 0.5) is 10.5 Å². The third-order valence-corrected chi connectivity index (χ3v) is 13.9. The fourth-order valence-electron chi connectivity index (χ4n) is 8.16. The number of benzene rings is 1. The first-order valence-corrected chi connectivity index (χ1v) is 30.2. The normalized spacial score (nSPS) is 11.8. The highest BCUT2D eigenvalue weighted by Crippen LogP contribution is 2.20. The molecule has 3 rings (SSSR count). The van der Waals surface area contributed by atoms with Crippen LogP contribution in [-0.2, 0) is 85.1 Å². The van der Waals surface area contributed by atoms with Gasteiger partial charge in [-0.2, -0.15) is 11.8 Å². The Morgan fingerprint density at radius 2 is 1.38 bits per heavy atom. The minimum absolute atomic E-state index is 0.0160. The number of ketones is 2. The van der Waals surface area contributed by atoms with Crippen LogP contribution in [0.15, 0.2) is 36.7 Å². The Bertz CT molecular complexity index is 2460. The van der Waals surface area contributed by atoms with Gasteiger partial charge in [0.25, 0.3) is 0 Å². The number of ether oxygens (including phenoxy) is 3. The van der Waals surface area contributed by atoms with E-state index in [1.54, 1.807) is 70.3 Å². The molecule has 28 heteroatoms. The van der Waals surface area contributed by atoms with Crippen molar-refractivity contribution in [2.75, 3.05) is 96.2 Å². The maximum Gasteiger partial charge on any atom is 0.312 e. The molecule has 7 amide bonds. The fraction of sp³-hybridized carbons (Fsp3) is 0.661. The van der Waals surface area contributed by atoms with Crippen molar-refractivity contribution >= 4 is 70.6 Å². The van der Waals surface area contributed by atoms with E-state index in [2.05, 4.69) is 57.8 Å². The van der Waals surface area contributed by atoms with Crippen LogP contribution in [0, 0.1) is 11.8 Å². The van der Waals surface area contributed by atoms with Crippen LogP contribution < -0.4 is 43.0 Å². The third kappa shape index (κ3) is 32.8.